The lowest BCUT2D eigenvalue weighted by Crippen LogP contribution is -2.52. The largest absolute Gasteiger partial charge is 0.502 e. The van der Waals surface area contributed by atoms with Crippen LogP contribution in [0.2, 0.25) is 0 Å². The number of para-hydroxylation sites is 1. The number of nitro benzene ring substituents is 1. The van der Waals surface area contributed by atoms with Crippen molar-refractivity contribution in [2.75, 3.05) is 19.8 Å². The molecule has 2 N–H and O–H groups in total. The molecule has 9 nitrogen and oxygen atoms in total. The van der Waals surface area contributed by atoms with Crippen molar-refractivity contribution in [3.63, 3.8) is 0 Å². The van der Waals surface area contributed by atoms with Gasteiger partial charge in [-0.3, -0.25) is 14.9 Å². The molecule has 1 amide bonds. The van der Waals surface area contributed by atoms with Gasteiger partial charge in [-0.15, -0.1) is 0 Å². The number of morpholine rings is 1. The van der Waals surface area contributed by atoms with Crippen LogP contribution in [0.4, 0.5) is 5.69 Å². The molecule has 2 rings (SSSR count). The van der Waals surface area contributed by atoms with Gasteiger partial charge in [-0.05, 0) is 6.07 Å². The van der Waals surface area contributed by atoms with E-state index in [4.69, 9.17) is 9.84 Å². The number of carbonyl (C=O) groups excluding carboxylic acids is 1. The normalized spacial score (nSPS) is 18.3. The van der Waals surface area contributed by atoms with Gasteiger partial charge in [-0.25, -0.2) is 4.79 Å². The SMILES string of the molecule is O=C(O)C1COCCN1C(=O)c1cccc([N+](=O)[O-])c1O. The van der Waals surface area contributed by atoms with E-state index in [0.29, 0.717) is 0 Å². The summed E-state index contributed by atoms with van der Waals surface area (Å²) in [4.78, 5) is 34.4. The number of ether oxygens (including phenoxy) is 1. The first-order valence-electron chi connectivity index (χ1n) is 6.01. The van der Waals surface area contributed by atoms with E-state index in [0.717, 1.165) is 11.0 Å². The molecule has 9 heteroatoms. The first-order chi connectivity index (χ1) is 9.93. The molecule has 0 bridgehead atoms. The molecule has 1 aliphatic rings. The molecule has 1 aromatic carbocycles. The molecule has 1 unspecified atom stereocenters. The Morgan fingerprint density at radius 1 is 1.43 bits per heavy atom. The van der Waals surface area contributed by atoms with E-state index in [-0.39, 0.29) is 25.3 Å². The first kappa shape index (κ1) is 14.7. The summed E-state index contributed by atoms with van der Waals surface area (Å²) >= 11 is 0. The van der Waals surface area contributed by atoms with E-state index < -0.39 is 34.3 Å². The van der Waals surface area contributed by atoms with Gasteiger partial charge in [0.2, 0.25) is 5.75 Å². The first-order valence-corrected chi connectivity index (χ1v) is 6.01. The lowest BCUT2D eigenvalue weighted by Gasteiger charge is -2.32. The highest BCUT2D eigenvalue weighted by molar-refractivity contribution is 6.00. The molecule has 112 valence electrons. The number of aromatic hydroxyl groups is 1. The average molecular weight is 296 g/mol. The second-order valence-corrected chi connectivity index (χ2v) is 4.36. The second kappa shape index (κ2) is 5.75. The number of benzene rings is 1. The van der Waals surface area contributed by atoms with Crippen molar-refractivity contribution in [3.05, 3.63) is 33.9 Å². The molecule has 0 radical (unpaired) electrons. The summed E-state index contributed by atoms with van der Waals surface area (Å²) in [5, 5.41) is 29.6. The minimum atomic E-state index is -1.24. The number of carboxylic acids is 1. The van der Waals surface area contributed by atoms with Crippen LogP contribution < -0.4 is 0 Å². The monoisotopic (exact) mass is 296 g/mol. The van der Waals surface area contributed by atoms with Crippen molar-refractivity contribution in [2.24, 2.45) is 0 Å². The van der Waals surface area contributed by atoms with Crippen LogP contribution in [-0.2, 0) is 9.53 Å². The van der Waals surface area contributed by atoms with Crippen LogP contribution in [0.25, 0.3) is 0 Å². The molecule has 0 aromatic heterocycles. The Kier molecular flexibility index (Phi) is 4.03. The predicted molar refractivity (Wildman–Crippen MR) is 68.0 cm³/mol. The highest BCUT2D eigenvalue weighted by Crippen LogP contribution is 2.30. The van der Waals surface area contributed by atoms with Gasteiger partial charge in [-0.1, -0.05) is 6.07 Å². The lowest BCUT2D eigenvalue weighted by molar-refractivity contribution is -0.385. The van der Waals surface area contributed by atoms with E-state index in [1.165, 1.54) is 12.1 Å². The van der Waals surface area contributed by atoms with Gasteiger partial charge >= 0.3 is 11.7 Å². The van der Waals surface area contributed by atoms with Crippen LogP contribution in [0, 0.1) is 10.1 Å². The van der Waals surface area contributed by atoms with Crippen molar-refractivity contribution < 1.29 is 29.5 Å². The number of nitro groups is 1. The van der Waals surface area contributed by atoms with Crippen molar-refractivity contribution in [3.8, 4) is 5.75 Å². The second-order valence-electron chi connectivity index (χ2n) is 4.36. The fourth-order valence-electron chi connectivity index (χ4n) is 2.06. The summed E-state index contributed by atoms with van der Waals surface area (Å²) in [5.41, 5.74) is -0.918. The summed E-state index contributed by atoms with van der Waals surface area (Å²) < 4.78 is 5.01. The topological polar surface area (TPSA) is 130 Å². The fourth-order valence-corrected chi connectivity index (χ4v) is 2.06. The number of phenolic OH excluding ortho intramolecular Hbond substituents is 1. The molecule has 21 heavy (non-hydrogen) atoms. The van der Waals surface area contributed by atoms with Gasteiger partial charge in [0.25, 0.3) is 5.91 Å². The maximum absolute atomic E-state index is 12.3. The number of phenols is 1. The Morgan fingerprint density at radius 2 is 2.14 bits per heavy atom. The Hall–Kier alpha value is -2.68. The molecule has 0 aliphatic carbocycles. The van der Waals surface area contributed by atoms with E-state index in [9.17, 15) is 24.8 Å². The highest BCUT2D eigenvalue weighted by Gasteiger charge is 2.35. The Labute approximate surface area is 118 Å². The van der Waals surface area contributed by atoms with Crippen molar-refractivity contribution in [1.29, 1.82) is 0 Å². The van der Waals surface area contributed by atoms with Crippen LogP contribution in [0.15, 0.2) is 18.2 Å². The highest BCUT2D eigenvalue weighted by atomic mass is 16.6. The molecule has 0 saturated carbocycles. The quantitative estimate of drug-likeness (QED) is 0.602. The van der Waals surface area contributed by atoms with Gasteiger partial charge < -0.3 is 19.8 Å². The number of aliphatic carboxylic acids is 1. The third-order valence-electron chi connectivity index (χ3n) is 3.12. The smallest absolute Gasteiger partial charge is 0.328 e. The van der Waals surface area contributed by atoms with E-state index in [1.54, 1.807) is 0 Å². The molecule has 1 aromatic rings. The van der Waals surface area contributed by atoms with Gasteiger partial charge in [-0.2, -0.15) is 0 Å². The molecule has 1 fully saturated rings. The number of rotatable bonds is 3. The third-order valence-corrected chi connectivity index (χ3v) is 3.12. The van der Waals surface area contributed by atoms with E-state index >= 15 is 0 Å². The van der Waals surface area contributed by atoms with Gasteiger partial charge in [0.1, 0.15) is 0 Å². The van der Waals surface area contributed by atoms with Crippen LogP contribution in [0.3, 0.4) is 0 Å². The maximum Gasteiger partial charge on any atom is 0.328 e. The van der Waals surface area contributed by atoms with Crippen LogP contribution in [0.5, 0.6) is 5.75 Å². The molecule has 1 atom stereocenters. The summed E-state index contributed by atoms with van der Waals surface area (Å²) in [6, 6.07) is 2.32. The summed E-state index contributed by atoms with van der Waals surface area (Å²) in [6.45, 7) is 0.0138. The number of amides is 1. The summed E-state index contributed by atoms with van der Waals surface area (Å²) in [5.74, 6) is -2.80. The minimum Gasteiger partial charge on any atom is -0.502 e. The molecule has 1 saturated heterocycles. The van der Waals surface area contributed by atoms with Gasteiger partial charge in [0.15, 0.2) is 6.04 Å². The molecular formula is C12H12N2O7. The summed E-state index contributed by atoms with van der Waals surface area (Å²) in [7, 11) is 0. The Morgan fingerprint density at radius 3 is 2.76 bits per heavy atom. The zero-order chi connectivity index (χ0) is 15.6. The zero-order valence-corrected chi connectivity index (χ0v) is 10.8. The van der Waals surface area contributed by atoms with Crippen molar-refractivity contribution in [2.45, 2.75) is 6.04 Å². The maximum atomic E-state index is 12.3. The van der Waals surface area contributed by atoms with Gasteiger partial charge in [0, 0.05) is 12.6 Å². The number of hydrogen-bond acceptors (Lipinski definition) is 6. The van der Waals surface area contributed by atoms with E-state index in [2.05, 4.69) is 0 Å². The molecule has 1 heterocycles. The van der Waals surface area contributed by atoms with Crippen LogP contribution in [-0.4, -0.2) is 57.7 Å². The standard InChI is InChI=1S/C12H12N2O7/c15-10-7(2-1-3-8(10)14(19)20)11(16)13-4-5-21-6-9(13)12(17)18/h1-3,9,15H,4-6H2,(H,17,18). The van der Waals surface area contributed by atoms with Crippen molar-refractivity contribution >= 4 is 17.6 Å². The Bertz CT molecular complexity index is 601. The third kappa shape index (κ3) is 2.77. The van der Waals surface area contributed by atoms with Gasteiger partial charge in [0.05, 0.1) is 23.7 Å². The van der Waals surface area contributed by atoms with Crippen molar-refractivity contribution in [1.82, 2.24) is 4.90 Å². The summed E-state index contributed by atoms with van der Waals surface area (Å²) in [6.07, 6.45) is 0. The number of hydrogen-bond donors (Lipinski definition) is 2. The number of carboxylic acid groups (broad SMARTS) is 1. The molecule has 1 aliphatic heterocycles. The van der Waals surface area contributed by atoms with E-state index in [1.807, 2.05) is 0 Å². The molecule has 0 spiro atoms. The number of nitrogens with zero attached hydrogens (tertiary/aromatic N) is 2. The zero-order valence-electron chi connectivity index (χ0n) is 10.8. The van der Waals surface area contributed by atoms with Crippen LogP contribution >= 0.6 is 0 Å². The number of carbonyl (C=O) groups is 2. The Balaban J connectivity index is 2.37. The predicted octanol–water partition coefficient (Wildman–Crippen LogP) is 0.226. The minimum absolute atomic E-state index is 0.0257. The lowest BCUT2D eigenvalue weighted by atomic mass is 10.1. The van der Waals surface area contributed by atoms with Crippen LogP contribution in [0.1, 0.15) is 10.4 Å². The molecular weight excluding hydrogens is 284 g/mol. The average Bonchev–Trinajstić information content (AvgIpc) is 2.46. The fraction of sp³-hybridized carbons (Fsp3) is 0.333.